The molecule has 0 spiro atoms. The van der Waals surface area contributed by atoms with Crippen molar-refractivity contribution >= 4 is 5.97 Å². The van der Waals surface area contributed by atoms with E-state index in [-0.39, 0.29) is 12.1 Å². The number of carbonyl (C=O) groups is 1. The van der Waals surface area contributed by atoms with Crippen LogP contribution in [0.3, 0.4) is 0 Å². The minimum absolute atomic E-state index is 0.0187. The molecule has 0 saturated carbocycles. The van der Waals surface area contributed by atoms with Crippen LogP contribution in [0.15, 0.2) is 24.3 Å². The van der Waals surface area contributed by atoms with E-state index in [0.717, 1.165) is 38.9 Å². The third-order valence-electron chi connectivity index (χ3n) is 4.61. The zero-order valence-corrected chi connectivity index (χ0v) is 14.7. The van der Waals surface area contributed by atoms with Crippen LogP contribution in [0.4, 0.5) is 0 Å². The molecule has 0 heterocycles. The zero-order chi connectivity index (χ0) is 16.7. The van der Waals surface area contributed by atoms with E-state index in [4.69, 9.17) is 9.47 Å². The standard InChI is InChI=1S/C20H30O3/c1-4-22-14-19-13-17-9-6-5-8-16(17)12-18(19)10-7-11-20(21)23-15(2)3/h5-6,8-9,15,18-19H,4,7,10-14H2,1-3H3. The third-order valence-corrected chi connectivity index (χ3v) is 4.61. The predicted octanol–water partition coefficient (Wildman–Crippen LogP) is 4.18. The van der Waals surface area contributed by atoms with Crippen molar-refractivity contribution < 1.29 is 14.3 Å². The molecule has 0 bridgehead atoms. The summed E-state index contributed by atoms with van der Waals surface area (Å²) in [6.07, 6.45) is 4.68. The Hall–Kier alpha value is -1.35. The molecule has 0 N–H and O–H groups in total. The van der Waals surface area contributed by atoms with E-state index >= 15 is 0 Å². The number of benzene rings is 1. The van der Waals surface area contributed by atoms with Gasteiger partial charge < -0.3 is 9.47 Å². The first-order chi connectivity index (χ1) is 11.1. The van der Waals surface area contributed by atoms with Crippen molar-refractivity contribution in [3.05, 3.63) is 35.4 Å². The maximum Gasteiger partial charge on any atom is 0.306 e. The second kappa shape index (κ2) is 9.07. The number of rotatable bonds is 8. The molecule has 0 saturated heterocycles. The van der Waals surface area contributed by atoms with Gasteiger partial charge in [0.25, 0.3) is 0 Å². The highest BCUT2D eigenvalue weighted by Gasteiger charge is 2.28. The fourth-order valence-corrected chi connectivity index (χ4v) is 3.49. The van der Waals surface area contributed by atoms with Crippen LogP contribution in [-0.2, 0) is 27.1 Å². The normalized spacial score (nSPS) is 20.3. The number of ether oxygens (including phenoxy) is 2. The quantitative estimate of drug-likeness (QED) is 0.675. The molecule has 1 aromatic rings. The van der Waals surface area contributed by atoms with E-state index in [1.54, 1.807) is 0 Å². The van der Waals surface area contributed by atoms with Crippen LogP contribution in [0, 0.1) is 11.8 Å². The van der Waals surface area contributed by atoms with Crippen LogP contribution in [0.2, 0.25) is 0 Å². The van der Waals surface area contributed by atoms with Crippen molar-refractivity contribution in [3.8, 4) is 0 Å². The molecule has 0 fully saturated rings. The van der Waals surface area contributed by atoms with Crippen LogP contribution < -0.4 is 0 Å². The third kappa shape index (κ3) is 5.65. The van der Waals surface area contributed by atoms with Gasteiger partial charge in [-0.2, -0.15) is 0 Å². The summed E-state index contributed by atoms with van der Waals surface area (Å²) in [5.74, 6) is 1.09. The van der Waals surface area contributed by atoms with Crippen molar-refractivity contribution in [2.45, 2.75) is 59.0 Å². The van der Waals surface area contributed by atoms with Gasteiger partial charge in [0.15, 0.2) is 0 Å². The summed E-state index contributed by atoms with van der Waals surface area (Å²) in [5, 5.41) is 0. The summed E-state index contributed by atoms with van der Waals surface area (Å²) in [5.41, 5.74) is 2.93. The largest absolute Gasteiger partial charge is 0.463 e. The van der Waals surface area contributed by atoms with Crippen LogP contribution in [-0.4, -0.2) is 25.3 Å². The molecule has 3 heteroatoms. The van der Waals surface area contributed by atoms with Crippen molar-refractivity contribution in [1.82, 2.24) is 0 Å². The van der Waals surface area contributed by atoms with E-state index in [1.165, 1.54) is 11.1 Å². The van der Waals surface area contributed by atoms with Gasteiger partial charge in [-0.25, -0.2) is 0 Å². The molecule has 2 rings (SSSR count). The Labute approximate surface area is 140 Å². The summed E-state index contributed by atoms with van der Waals surface area (Å²) in [6, 6.07) is 8.73. The van der Waals surface area contributed by atoms with Gasteiger partial charge in [-0.3, -0.25) is 4.79 Å². The minimum Gasteiger partial charge on any atom is -0.463 e. The van der Waals surface area contributed by atoms with Gasteiger partial charge >= 0.3 is 5.97 Å². The topological polar surface area (TPSA) is 35.5 Å². The van der Waals surface area contributed by atoms with Crippen LogP contribution in [0.25, 0.3) is 0 Å². The second-order valence-electron chi connectivity index (χ2n) is 6.79. The van der Waals surface area contributed by atoms with Crippen LogP contribution in [0.5, 0.6) is 0 Å². The first-order valence-electron chi connectivity index (χ1n) is 8.94. The lowest BCUT2D eigenvalue weighted by Gasteiger charge is -2.33. The Bertz CT molecular complexity index is 495. The highest BCUT2D eigenvalue weighted by molar-refractivity contribution is 5.69. The lowest BCUT2D eigenvalue weighted by molar-refractivity contribution is -0.147. The Morgan fingerprint density at radius 3 is 2.43 bits per heavy atom. The van der Waals surface area contributed by atoms with E-state index in [0.29, 0.717) is 18.3 Å². The molecule has 0 radical (unpaired) electrons. The Kier molecular flexibility index (Phi) is 7.10. The monoisotopic (exact) mass is 318 g/mol. The number of carbonyl (C=O) groups excluding carboxylic acids is 1. The average Bonchev–Trinajstić information content (AvgIpc) is 2.52. The van der Waals surface area contributed by atoms with E-state index in [2.05, 4.69) is 24.3 Å². The maximum atomic E-state index is 11.7. The van der Waals surface area contributed by atoms with Gasteiger partial charge in [-0.1, -0.05) is 24.3 Å². The van der Waals surface area contributed by atoms with Crippen molar-refractivity contribution in [2.24, 2.45) is 11.8 Å². The molecule has 1 aromatic carbocycles. The summed E-state index contributed by atoms with van der Waals surface area (Å²) < 4.78 is 10.9. The second-order valence-corrected chi connectivity index (χ2v) is 6.79. The highest BCUT2D eigenvalue weighted by Crippen LogP contribution is 2.33. The molecule has 0 amide bonds. The van der Waals surface area contributed by atoms with Crippen molar-refractivity contribution in [3.63, 3.8) is 0 Å². The molecule has 2 atom stereocenters. The Morgan fingerprint density at radius 1 is 1.17 bits per heavy atom. The van der Waals surface area contributed by atoms with Crippen LogP contribution in [0.1, 0.15) is 51.2 Å². The highest BCUT2D eigenvalue weighted by atomic mass is 16.5. The molecule has 23 heavy (non-hydrogen) atoms. The number of esters is 1. The molecule has 2 unspecified atom stereocenters. The van der Waals surface area contributed by atoms with Gasteiger partial charge in [0.1, 0.15) is 0 Å². The van der Waals surface area contributed by atoms with E-state index in [1.807, 2.05) is 20.8 Å². The van der Waals surface area contributed by atoms with Gasteiger partial charge in [0.2, 0.25) is 0 Å². The molecular formula is C20H30O3. The molecule has 1 aliphatic rings. The smallest absolute Gasteiger partial charge is 0.306 e. The molecular weight excluding hydrogens is 288 g/mol. The van der Waals surface area contributed by atoms with E-state index < -0.39 is 0 Å². The lowest BCUT2D eigenvalue weighted by Crippen LogP contribution is -2.29. The molecule has 0 aromatic heterocycles. The Balaban J connectivity index is 1.90. The summed E-state index contributed by atoms with van der Waals surface area (Å²) in [6.45, 7) is 7.44. The fraction of sp³-hybridized carbons (Fsp3) is 0.650. The fourth-order valence-electron chi connectivity index (χ4n) is 3.49. The molecule has 128 valence electrons. The van der Waals surface area contributed by atoms with Gasteiger partial charge in [0, 0.05) is 19.6 Å². The minimum atomic E-state index is -0.0717. The number of hydrogen-bond acceptors (Lipinski definition) is 3. The molecule has 0 aliphatic heterocycles. The first kappa shape index (κ1) is 18.0. The molecule has 3 nitrogen and oxygen atoms in total. The molecule has 1 aliphatic carbocycles. The average molecular weight is 318 g/mol. The number of hydrogen-bond donors (Lipinski definition) is 0. The summed E-state index contributed by atoms with van der Waals surface area (Å²) >= 11 is 0. The van der Waals surface area contributed by atoms with Crippen molar-refractivity contribution in [2.75, 3.05) is 13.2 Å². The van der Waals surface area contributed by atoms with Crippen molar-refractivity contribution in [1.29, 1.82) is 0 Å². The zero-order valence-electron chi connectivity index (χ0n) is 14.7. The lowest BCUT2D eigenvalue weighted by atomic mass is 9.74. The summed E-state index contributed by atoms with van der Waals surface area (Å²) in [4.78, 5) is 11.7. The van der Waals surface area contributed by atoms with Gasteiger partial charge in [-0.05, 0) is 69.4 Å². The SMILES string of the molecule is CCOCC1Cc2ccccc2CC1CCCC(=O)OC(C)C. The van der Waals surface area contributed by atoms with Crippen LogP contribution >= 0.6 is 0 Å². The predicted molar refractivity (Wildman–Crippen MR) is 92.4 cm³/mol. The first-order valence-corrected chi connectivity index (χ1v) is 8.94. The number of fused-ring (bicyclic) bond motifs is 1. The Morgan fingerprint density at radius 2 is 1.83 bits per heavy atom. The van der Waals surface area contributed by atoms with Gasteiger partial charge in [-0.15, -0.1) is 0 Å². The summed E-state index contributed by atoms with van der Waals surface area (Å²) in [7, 11) is 0. The van der Waals surface area contributed by atoms with Gasteiger partial charge in [0.05, 0.1) is 6.10 Å². The maximum absolute atomic E-state index is 11.7. The van der Waals surface area contributed by atoms with E-state index in [9.17, 15) is 4.79 Å².